The van der Waals surface area contributed by atoms with E-state index in [1.165, 1.54) is 6.42 Å². The number of imide groups is 1. The lowest BCUT2D eigenvalue weighted by molar-refractivity contribution is -0.138. The fourth-order valence-corrected chi connectivity index (χ4v) is 3.09. The molecule has 1 fully saturated rings. The predicted octanol–water partition coefficient (Wildman–Crippen LogP) is 1.60. The molecule has 6 nitrogen and oxygen atoms in total. The van der Waals surface area contributed by atoms with Gasteiger partial charge in [-0.2, -0.15) is 11.8 Å². The molecule has 0 aromatic rings. The van der Waals surface area contributed by atoms with Gasteiger partial charge in [0.15, 0.2) is 0 Å². The van der Waals surface area contributed by atoms with Crippen molar-refractivity contribution in [2.75, 3.05) is 12.8 Å². The Labute approximate surface area is 123 Å². The van der Waals surface area contributed by atoms with E-state index >= 15 is 0 Å². The summed E-state index contributed by atoms with van der Waals surface area (Å²) in [6.07, 6.45) is 5.32. The van der Waals surface area contributed by atoms with Gasteiger partial charge in [-0.25, -0.2) is 4.79 Å². The molecule has 1 aliphatic rings. The van der Waals surface area contributed by atoms with Gasteiger partial charge in [-0.15, -0.1) is 0 Å². The number of hydrogen-bond acceptors (Lipinski definition) is 4. The number of carboxylic acids is 1. The van der Waals surface area contributed by atoms with Crippen molar-refractivity contribution in [3.8, 4) is 0 Å². The van der Waals surface area contributed by atoms with Gasteiger partial charge in [-0.05, 0) is 25.0 Å². The van der Waals surface area contributed by atoms with Crippen molar-refractivity contribution < 1.29 is 19.5 Å². The number of thioether (sulfide) groups is 1. The van der Waals surface area contributed by atoms with Crippen molar-refractivity contribution in [2.24, 2.45) is 5.92 Å². The zero-order valence-electron chi connectivity index (χ0n) is 11.9. The fourth-order valence-electron chi connectivity index (χ4n) is 2.17. The maximum Gasteiger partial charge on any atom is 0.321 e. The minimum Gasteiger partial charge on any atom is -0.481 e. The molecule has 1 aliphatic carbocycles. The van der Waals surface area contributed by atoms with Crippen molar-refractivity contribution in [3.05, 3.63) is 0 Å². The second-order valence-corrected chi connectivity index (χ2v) is 6.65. The Morgan fingerprint density at radius 1 is 1.30 bits per heavy atom. The Hall–Kier alpha value is -1.24. The van der Waals surface area contributed by atoms with E-state index in [1.54, 1.807) is 18.7 Å². The van der Waals surface area contributed by atoms with Gasteiger partial charge < -0.3 is 10.4 Å². The molecule has 3 N–H and O–H groups in total. The summed E-state index contributed by atoms with van der Waals surface area (Å²) in [4.78, 5) is 33.6. The van der Waals surface area contributed by atoms with Crippen LogP contribution in [0.5, 0.6) is 0 Å². The lowest BCUT2D eigenvalue weighted by Gasteiger charge is -2.40. The topological polar surface area (TPSA) is 95.5 Å². The first-order chi connectivity index (χ1) is 9.37. The first-order valence-electron chi connectivity index (χ1n) is 6.71. The van der Waals surface area contributed by atoms with Crippen LogP contribution in [-0.4, -0.2) is 40.6 Å². The summed E-state index contributed by atoms with van der Waals surface area (Å²) in [7, 11) is 0. The number of carbonyl (C=O) groups is 3. The van der Waals surface area contributed by atoms with Crippen molar-refractivity contribution in [2.45, 2.75) is 43.8 Å². The Balaban J connectivity index is 2.24. The molecule has 0 heterocycles. The molecule has 114 valence electrons. The van der Waals surface area contributed by atoms with E-state index in [9.17, 15) is 14.4 Å². The van der Waals surface area contributed by atoms with Gasteiger partial charge >= 0.3 is 12.0 Å². The Bertz CT molecular complexity index is 377. The standard InChI is InChI=1S/C13H22N2O4S/c1-9(7-11(17)18)6-10(16)15-12(19)14-8-13(20-2)4-3-5-13/h9H,3-8H2,1-2H3,(H,17,18)(H2,14,15,16,19). The second-order valence-electron chi connectivity index (χ2n) is 5.38. The highest BCUT2D eigenvalue weighted by Gasteiger charge is 2.36. The van der Waals surface area contributed by atoms with Crippen LogP contribution in [0.15, 0.2) is 0 Å². The first kappa shape index (κ1) is 16.8. The first-order valence-corrected chi connectivity index (χ1v) is 7.94. The molecule has 0 aliphatic heterocycles. The van der Waals surface area contributed by atoms with Gasteiger partial charge in [-0.3, -0.25) is 14.9 Å². The number of hydrogen-bond donors (Lipinski definition) is 3. The molecule has 1 rings (SSSR count). The van der Waals surface area contributed by atoms with E-state index in [4.69, 9.17) is 5.11 Å². The van der Waals surface area contributed by atoms with E-state index in [-0.39, 0.29) is 23.5 Å². The second kappa shape index (κ2) is 7.52. The number of carboxylic acid groups (broad SMARTS) is 1. The van der Waals surface area contributed by atoms with Gasteiger partial charge in [-0.1, -0.05) is 13.3 Å². The maximum absolute atomic E-state index is 11.6. The summed E-state index contributed by atoms with van der Waals surface area (Å²) in [5.74, 6) is -1.67. The molecule has 0 spiro atoms. The average Bonchev–Trinajstić information content (AvgIpc) is 2.26. The van der Waals surface area contributed by atoms with Gasteiger partial charge in [0.05, 0.1) is 0 Å². The van der Waals surface area contributed by atoms with Gasteiger partial charge in [0.1, 0.15) is 0 Å². The fraction of sp³-hybridized carbons (Fsp3) is 0.769. The predicted molar refractivity (Wildman–Crippen MR) is 77.7 cm³/mol. The summed E-state index contributed by atoms with van der Waals surface area (Å²) in [5, 5.41) is 13.6. The van der Waals surface area contributed by atoms with E-state index in [2.05, 4.69) is 10.6 Å². The Kier molecular flexibility index (Phi) is 6.32. The summed E-state index contributed by atoms with van der Waals surface area (Å²) in [6.45, 7) is 2.22. The van der Waals surface area contributed by atoms with Crippen LogP contribution in [0.3, 0.4) is 0 Å². The van der Waals surface area contributed by atoms with Crippen LogP contribution in [0.25, 0.3) is 0 Å². The summed E-state index contributed by atoms with van der Waals surface area (Å²) in [5.41, 5.74) is 0. The number of nitrogens with one attached hydrogen (secondary N) is 2. The van der Waals surface area contributed by atoms with E-state index in [1.807, 2.05) is 6.26 Å². The molecular formula is C13H22N2O4S. The van der Waals surface area contributed by atoms with Crippen LogP contribution in [0, 0.1) is 5.92 Å². The van der Waals surface area contributed by atoms with Crippen molar-refractivity contribution in [3.63, 3.8) is 0 Å². The smallest absolute Gasteiger partial charge is 0.321 e. The highest BCUT2D eigenvalue weighted by molar-refractivity contribution is 8.00. The third-order valence-electron chi connectivity index (χ3n) is 3.58. The summed E-state index contributed by atoms with van der Waals surface area (Å²) >= 11 is 1.74. The van der Waals surface area contributed by atoms with E-state index in [0.717, 1.165) is 12.8 Å². The third-order valence-corrected chi connectivity index (χ3v) is 5.00. The maximum atomic E-state index is 11.6. The molecule has 3 amide bonds. The molecule has 0 bridgehead atoms. The number of aliphatic carboxylic acids is 1. The molecule has 1 unspecified atom stereocenters. The number of amides is 3. The zero-order valence-corrected chi connectivity index (χ0v) is 12.7. The zero-order chi connectivity index (χ0) is 15.2. The van der Waals surface area contributed by atoms with E-state index < -0.39 is 17.9 Å². The molecule has 1 atom stereocenters. The van der Waals surface area contributed by atoms with Crippen LogP contribution in [-0.2, 0) is 9.59 Å². The number of urea groups is 1. The van der Waals surface area contributed by atoms with Crippen LogP contribution < -0.4 is 10.6 Å². The Morgan fingerprint density at radius 3 is 2.40 bits per heavy atom. The normalized spacial score (nSPS) is 17.7. The lowest BCUT2D eigenvalue weighted by Crippen LogP contribution is -2.49. The van der Waals surface area contributed by atoms with E-state index in [0.29, 0.717) is 6.54 Å². The van der Waals surface area contributed by atoms with Crippen molar-refractivity contribution in [1.29, 1.82) is 0 Å². The summed E-state index contributed by atoms with van der Waals surface area (Å²) < 4.78 is 0.122. The SMILES string of the molecule is CSC1(CNC(=O)NC(=O)CC(C)CC(=O)O)CCC1. The van der Waals surface area contributed by atoms with Gasteiger partial charge in [0.25, 0.3) is 0 Å². The van der Waals surface area contributed by atoms with Crippen LogP contribution in [0.1, 0.15) is 39.0 Å². The van der Waals surface area contributed by atoms with Crippen LogP contribution in [0.4, 0.5) is 4.79 Å². The molecule has 0 radical (unpaired) electrons. The molecule has 0 aromatic carbocycles. The average molecular weight is 302 g/mol. The molecule has 1 saturated carbocycles. The molecule has 0 saturated heterocycles. The molecule has 7 heteroatoms. The number of carbonyl (C=O) groups excluding carboxylic acids is 2. The van der Waals surface area contributed by atoms with Gasteiger partial charge in [0, 0.05) is 24.1 Å². The molecule has 20 heavy (non-hydrogen) atoms. The molecule has 0 aromatic heterocycles. The largest absolute Gasteiger partial charge is 0.481 e. The third kappa shape index (κ3) is 5.40. The number of rotatable bonds is 7. The summed E-state index contributed by atoms with van der Waals surface area (Å²) in [6, 6.07) is -0.502. The monoisotopic (exact) mass is 302 g/mol. The minimum atomic E-state index is -0.943. The van der Waals surface area contributed by atoms with Crippen LogP contribution in [0.2, 0.25) is 0 Å². The van der Waals surface area contributed by atoms with Crippen molar-refractivity contribution >= 4 is 29.7 Å². The van der Waals surface area contributed by atoms with Crippen LogP contribution >= 0.6 is 11.8 Å². The molecular weight excluding hydrogens is 280 g/mol. The highest BCUT2D eigenvalue weighted by Crippen LogP contribution is 2.42. The quantitative estimate of drug-likeness (QED) is 0.664. The Morgan fingerprint density at radius 2 is 1.95 bits per heavy atom. The lowest BCUT2D eigenvalue weighted by atomic mass is 9.84. The van der Waals surface area contributed by atoms with Crippen molar-refractivity contribution in [1.82, 2.24) is 10.6 Å². The minimum absolute atomic E-state index is 0.0351. The van der Waals surface area contributed by atoms with Gasteiger partial charge in [0.2, 0.25) is 5.91 Å². The highest BCUT2D eigenvalue weighted by atomic mass is 32.2.